The Bertz CT molecular complexity index is 1300. The largest absolute Gasteiger partial charge is 0.352 e. The van der Waals surface area contributed by atoms with E-state index in [2.05, 4.69) is 15.3 Å². The zero-order chi connectivity index (χ0) is 21.4. The van der Waals surface area contributed by atoms with E-state index in [1.807, 2.05) is 35.7 Å². The molecule has 156 valence electrons. The molecule has 31 heavy (non-hydrogen) atoms. The van der Waals surface area contributed by atoms with Gasteiger partial charge in [0.05, 0.1) is 5.39 Å². The smallest absolute Gasteiger partial charge is 0.260 e. The van der Waals surface area contributed by atoms with Crippen molar-refractivity contribution in [3.8, 4) is 11.1 Å². The second-order valence-corrected chi connectivity index (χ2v) is 9.35. The minimum Gasteiger partial charge on any atom is -0.352 e. The molecule has 1 aliphatic carbocycles. The van der Waals surface area contributed by atoms with Gasteiger partial charge in [-0.1, -0.05) is 54.2 Å². The number of thiophene rings is 1. The second kappa shape index (κ2) is 8.28. The third kappa shape index (κ3) is 4.26. The van der Waals surface area contributed by atoms with E-state index >= 15 is 0 Å². The molecule has 2 N–H and O–H groups in total. The quantitative estimate of drug-likeness (QED) is 0.323. The molecular weight excluding hydrogens is 433 g/mol. The van der Waals surface area contributed by atoms with Gasteiger partial charge < -0.3 is 10.3 Å². The van der Waals surface area contributed by atoms with Crippen LogP contribution in [0.25, 0.3) is 21.3 Å². The van der Waals surface area contributed by atoms with Crippen LogP contribution in [0.1, 0.15) is 23.7 Å². The molecular formula is C23H18FN3O2S2. The van der Waals surface area contributed by atoms with Gasteiger partial charge in [-0.15, -0.1) is 11.3 Å². The molecule has 1 atom stereocenters. The summed E-state index contributed by atoms with van der Waals surface area (Å²) in [4.78, 5) is 33.8. The van der Waals surface area contributed by atoms with Crippen LogP contribution in [-0.2, 0) is 4.79 Å². The third-order valence-corrected chi connectivity index (χ3v) is 7.08. The number of hydrogen-bond donors (Lipinski definition) is 2. The Morgan fingerprint density at radius 3 is 2.61 bits per heavy atom. The Morgan fingerprint density at radius 2 is 1.90 bits per heavy atom. The summed E-state index contributed by atoms with van der Waals surface area (Å²) in [5.74, 6) is -0.412. The molecule has 1 saturated carbocycles. The van der Waals surface area contributed by atoms with Crippen LogP contribution in [0.2, 0.25) is 0 Å². The third-order valence-electron chi connectivity index (χ3n) is 5.07. The fraction of sp³-hybridized carbons (Fsp3) is 0.174. The van der Waals surface area contributed by atoms with Crippen LogP contribution < -0.4 is 10.9 Å². The SMILES string of the molecule is O=C(NC1CC1)C(Sc1nc2scc(-c3ccc(F)cc3)c2c(=O)[nH]1)c1ccccc1. The molecule has 1 amide bonds. The number of hydrogen-bond acceptors (Lipinski definition) is 5. The highest BCUT2D eigenvalue weighted by Crippen LogP contribution is 2.36. The second-order valence-electron chi connectivity index (χ2n) is 7.40. The van der Waals surface area contributed by atoms with Gasteiger partial charge in [-0.05, 0) is 36.1 Å². The van der Waals surface area contributed by atoms with Gasteiger partial charge in [0, 0.05) is 17.0 Å². The topological polar surface area (TPSA) is 74.8 Å². The standard InChI is InChI=1S/C23H18FN3O2S2/c24-15-8-6-13(7-9-15)17-12-30-22-18(17)20(28)26-23(27-22)31-19(14-4-2-1-3-5-14)21(29)25-16-10-11-16/h1-9,12,16,19H,10-11H2,(H,25,29)(H,26,27,28). The Labute approximate surface area is 185 Å². The van der Waals surface area contributed by atoms with Gasteiger partial charge in [0.25, 0.3) is 5.56 Å². The van der Waals surface area contributed by atoms with Crippen LogP contribution >= 0.6 is 23.1 Å². The van der Waals surface area contributed by atoms with E-state index in [-0.39, 0.29) is 23.3 Å². The maximum absolute atomic E-state index is 13.3. The van der Waals surface area contributed by atoms with E-state index in [9.17, 15) is 14.0 Å². The number of benzene rings is 2. The average Bonchev–Trinajstić information content (AvgIpc) is 3.48. The minimum atomic E-state index is -0.515. The number of nitrogens with zero attached hydrogens (tertiary/aromatic N) is 1. The molecule has 2 aromatic carbocycles. The molecule has 0 bridgehead atoms. The van der Waals surface area contributed by atoms with Gasteiger partial charge in [-0.2, -0.15) is 0 Å². The first kappa shape index (κ1) is 20.0. The number of aromatic nitrogens is 2. The van der Waals surface area contributed by atoms with Crippen LogP contribution in [-0.4, -0.2) is 21.9 Å². The summed E-state index contributed by atoms with van der Waals surface area (Å²) < 4.78 is 13.3. The normalized spacial score (nSPS) is 14.5. The predicted molar refractivity (Wildman–Crippen MR) is 122 cm³/mol. The summed E-state index contributed by atoms with van der Waals surface area (Å²) in [5, 5.41) is 5.25. The number of H-pyrrole nitrogens is 1. The van der Waals surface area contributed by atoms with Crippen LogP contribution in [0.3, 0.4) is 0 Å². The highest BCUT2D eigenvalue weighted by Gasteiger charge is 2.30. The molecule has 4 aromatic rings. The first-order valence-corrected chi connectivity index (χ1v) is 11.6. The lowest BCUT2D eigenvalue weighted by atomic mass is 10.1. The summed E-state index contributed by atoms with van der Waals surface area (Å²) in [6.45, 7) is 0. The minimum absolute atomic E-state index is 0.0837. The van der Waals surface area contributed by atoms with Crippen molar-refractivity contribution in [2.75, 3.05) is 0 Å². The molecule has 0 spiro atoms. The van der Waals surface area contributed by atoms with Gasteiger partial charge in [0.2, 0.25) is 5.91 Å². The average molecular weight is 452 g/mol. The number of rotatable bonds is 6. The van der Waals surface area contributed by atoms with Crippen molar-refractivity contribution >= 4 is 39.2 Å². The molecule has 1 aliphatic rings. The highest BCUT2D eigenvalue weighted by atomic mass is 32.2. The number of carbonyl (C=O) groups is 1. The number of nitrogens with one attached hydrogen (secondary N) is 2. The van der Waals surface area contributed by atoms with E-state index in [1.165, 1.54) is 35.2 Å². The van der Waals surface area contributed by atoms with Crippen molar-refractivity contribution in [2.24, 2.45) is 0 Å². The fourth-order valence-corrected chi connectivity index (χ4v) is 5.34. The summed E-state index contributed by atoms with van der Waals surface area (Å²) in [5.41, 5.74) is 2.05. The lowest BCUT2D eigenvalue weighted by Crippen LogP contribution is -2.30. The zero-order valence-corrected chi connectivity index (χ0v) is 17.9. The van der Waals surface area contributed by atoms with Crippen molar-refractivity contribution in [1.82, 2.24) is 15.3 Å². The first-order chi connectivity index (χ1) is 15.1. The lowest BCUT2D eigenvalue weighted by Gasteiger charge is -2.16. The Hall–Kier alpha value is -2.97. The number of aromatic amines is 1. The maximum Gasteiger partial charge on any atom is 0.260 e. The molecule has 1 fully saturated rings. The number of fused-ring (bicyclic) bond motifs is 1. The number of amides is 1. The number of halogens is 1. The molecule has 8 heteroatoms. The van der Waals surface area contributed by atoms with Gasteiger partial charge >= 0.3 is 0 Å². The highest BCUT2D eigenvalue weighted by molar-refractivity contribution is 8.00. The van der Waals surface area contributed by atoms with Gasteiger partial charge in [-0.3, -0.25) is 9.59 Å². The van der Waals surface area contributed by atoms with Crippen molar-refractivity contribution < 1.29 is 9.18 Å². The molecule has 5 rings (SSSR count). The van der Waals surface area contributed by atoms with Gasteiger partial charge in [-0.25, -0.2) is 9.37 Å². The summed E-state index contributed by atoms with van der Waals surface area (Å²) in [6, 6.07) is 15.8. The monoisotopic (exact) mass is 451 g/mol. The van der Waals surface area contributed by atoms with E-state index in [0.717, 1.165) is 29.5 Å². The molecule has 0 radical (unpaired) electrons. The molecule has 2 aromatic heterocycles. The Morgan fingerprint density at radius 1 is 1.16 bits per heavy atom. The van der Waals surface area contributed by atoms with Gasteiger partial charge in [0.15, 0.2) is 5.16 Å². The zero-order valence-electron chi connectivity index (χ0n) is 16.3. The van der Waals surface area contributed by atoms with E-state index < -0.39 is 5.25 Å². The molecule has 0 aliphatic heterocycles. The number of thioether (sulfide) groups is 1. The molecule has 2 heterocycles. The summed E-state index contributed by atoms with van der Waals surface area (Å²) in [6.07, 6.45) is 2.00. The first-order valence-electron chi connectivity index (χ1n) is 9.88. The Kier molecular flexibility index (Phi) is 5.33. The number of carbonyl (C=O) groups excluding carboxylic acids is 1. The van der Waals surface area contributed by atoms with Crippen LogP contribution in [0.15, 0.2) is 69.9 Å². The Balaban J connectivity index is 1.49. The van der Waals surface area contributed by atoms with Gasteiger partial charge in [0.1, 0.15) is 15.9 Å². The van der Waals surface area contributed by atoms with Crippen LogP contribution in [0, 0.1) is 5.82 Å². The molecule has 1 unspecified atom stereocenters. The maximum atomic E-state index is 13.3. The van der Waals surface area contributed by atoms with E-state index in [0.29, 0.717) is 15.4 Å². The predicted octanol–water partition coefficient (Wildman–Crippen LogP) is 4.90. The molecule has 0 saturated heterocycles. The van der Waals surface area contributed by atoms with E-state index in [1.54, 1.807) is 12.1 Å². The summed E-state index contributed by atoms with van der Waals surface area (Å²) >= 11 is 2.59. The van der Waals surface area contributed by atoms with Crippen molar-refractivity contribution in [1.29, 1.82) is 0 Å². The fourth-order valence-electron chi connectivity index (χ4n) is 3.34. The van der Waals surface area contributed by atoms with Crippen molar-refractivity contribution in [2.45, 2.75) is 29.3 Å². The molecule has 5 nitrogen and oxygen atoms in total. The lowest BCUT2D eigenvalue weighted by molar-refractivity contribution is -0.120. The van der Waals surface area contributed by atoms with Crippen LogP contribution in [0.4, 0.5) is 4.39 Å². The van der Waals surface area contributed by atoms with Crippen molar-refractivity contribution in [3.63, 3.8) is 0 Å². The van der Waals surface area contributed by atoms with Crippen molar-refractivity contribution in [3.05, 3.63) is 81.7 Å². The van der Waals surface area contributed by atoms with Crippen LogP contribution in [0.5, 0.6) is 0 Å². The summed E-state index contributed by atoms with van der Waals surface area (Å²) in [7, 11) is 0. The van der Waals surface area contributed by atoms with E-state index in [4.69, 9.17) is 0 Å².